The Hall–Kier alpha value is -3.60. The Morgan fingerprint density at radius 1 is 0.969 bits per heavy atom. The van der Waals surface area contributed by atoms with E-state index in [2.05, 4.69) is 29.7 Å². The first-order valence-corrected chi connectivity index (χ1v) is 11.2. The molecule has 0 radical (unpaired) electrons. The third-order valence-electron chi connectivity index (χ3n) is 6.28. The van der Waals surface area contributed by atoms with E-state index in [-0.39, 0.29) is 17.9 Å². The first-order valence-electron chi connectivity index (χ1n) is 11.2. The molecule has 5 rings (SSSR count). The largest absolute Gasteiger partial charge is 0.492 e. The Morgan fingerprint density at radius 2 is 1.66 bits per heavy atom. The van der Waals surface area contributed by atoms with Gasteiger partial charge in [-0.15, -0.1) is 0 Å². The number of amides is 1. The molecule has 1 aliphatic heterocycles. The number of hydrogen-bond acceptors (Lipinski definition) is 3. The van der Waals surface area contributed by atoms with E-state index in [9.17, 15) is 4.79 Å². The van der Waals surface area contributed by atoms with Crippen LogP contribution >= 0.6 is 0 Å². The number of hydrogen-bond donors (Lipinski definition) is 0. The molecule has 0 bridgehead atoms. The Balaban J connectivity index is 1.39. The molecule has 162 valence electrons. The molecule has 5 nitrogen and oxygen atoms in total. The molecule has 2 atom stereocenters. The van der Waals surface area contributed by atoms with Crippen molar-refractivity contribution in [1.29, 1.82) is 0 Å². The van der Waals surface area contributed by atoms with Crippen LogP contribution in [0.5, 0.6) is 5.75 Å². The van der Waals surface area contributed by atoms with Crippen molar-refractivity contribution in [3.63, 3.8) is 0 Å². The van der Waals surface area contributed by atoms with E-state index in [1.54, 1.807) is 0 Å². The Kier molecular flexibility index (Phi) is 5.63. The Bertz CT molecular complexity index is 1200. The second-order valence-electron chi connectivity index (χ2n) is 8.31. The molecule has 1 amide bonds. The average molecular weight is 426 g/mol. The lowest BCUT2D eigenvalue weighted by Crippen LogP contribution is -2.28. The van der Waals surface area contributed by atoms with Crippen LogP contribution < -0.4 is 4.74 Å². The summed E-state index contributed by atoms with van der Waals surface area (Å²) in [5.74, 6) is 2.08. The molecule has 3 aromatic carbocycles. The van der Waals surface area contributed by atoms with Crippen LogP contribution in [-0.4, -0.2) is 33.5 Å². The molecular weight excluding hydrogens is 398 g/mol. The van der Waals surface area contributed by atoms with Crippen molar-refractivity contribution in [2.45, 2.75) is 31.8 Å². The zero-order chi connectivity index (χ0) is 21.9. The summed E-state index contributed by atoms with van der Waals surface area (Å²) in [6.07, 6.45) is 0.486. The van der Waals surface area contributed by atoms with Crippen LogP contribution in [0.15, 0.2) is 84.9 Å². The number of para-hydroxylation sites is 3. The van der Waals surface area contributed by atoms with Crippen LogP contribution in [-0.2, 0) is 11.3 Å². The Morgan fingerprint density at radius 3 is 2.44 bits per heavy atom. The normalized spacial score (nSPS) is 17.1. The molecule has 1 aliphatic rings. The van der Waals surface area contributed by atoms with Crippen molar-refractivity contribution in [3.05, 3.63) is 96.3 Å². The lowest BCUT2D eigenvalue weighted by atomic mass is 10.1. The fraction of sp³-hybridized carbons (Fsp3) is 0.259. The highest BCUT2D eigenvalue weighted by molar-refractivity contribution is 5.81. The van der Waals surface area contributed by atoms with Gasteiger partial charge in [0.25, 0.3) is 0 Å². The zero-order valence-electron chi connectivity index (χ0n) is 18.2. The number of aromatic nitrogens is 2. The number of rotatable bonds is 7. The van der Waals surface area contributed by atoms with Gasteiger partial charge in [-0.2, -0.15) is 0 Å². The molecule has 2 unspecified atom stereocenters. The van der Waals surface area contributed by atoms with E-state index in [1.807, 2.05) is 71.6 Å². The molecule has 5 heteroatoms. The number of carbonyl (C=O) groups excluding carboxylic acids is 1. The van der Waals surface area contributed by atoms with Crippen molar-refractivity contribution in [2.75, 3.05) is 13.2 Å². The lowest BCUT2D eigenvalue weighted by molar-refractivity contribution is -0.129. The van der Waals surface area contributed by atoms with Gasteiger partial charge in [-0.25, -0.2) is 4.98 Å². The van der Waals surface area contributed by atoms with Gasteiger partial charge in [0.1, 0.15) is 18.2 Å². The molecule has 0 aliphatic carbocycles. The number of likely N-dealkylation sites (tertiary alicyclic amines) is 1. The third kappa shape index (κ3) is 3.98. The van der Waals surface area contributed by atoms with Gasteiger partial charge < -0.3 is 14.2 Å². The molecule has 1 aromatic heterocycles. The monoisotopic (exact) mass is 425 g/mol. The van der Waals surface area contributed by atoms with Crippen molar-refractivity contribution < 1.29 is 9.53 Å². The summed E-state index contributed by atoms with van der Waals surface area (Å²) in [4.78, 5) is 19.9. The van der Waals surface area contributed by atoms with Gasteiger partial charge in [0, 0.05) is 18.9 Å². The maximum atomic E-state index is 13.0. The summed E-state index contributed by atoms with van der Waals surface area (Å²) in [5.41, 5.74) is 3.21. The molecule has 0 saturated carbocycles. The third-order valence-corrected chi connectivity index (χ3v) is 6.28. The van der Waals surface area contributed by atoms with Crippen LogP contribution in [0.4, 0.5) is 0 Å². The number of benzene rings is 3. The summed E-state index contributed by atoms with van der Waals surface area (Å²) in [6.45, 7) is 4.01. The van der Waals surface area contributed by atoms with Gasteiger partial charge in [-0.3, -0.25) is 4.79 Å². The van der Waals surface area contributed by atoms with Gasteiger partial charge in [-0.05, 0) is 36.8 Å². The van der Waals surface area contributed by atoms with Gasteiger partial charge in [0.2, 0.25) is 5.91 Å². The highest BCUT2D eigenvalue weighted by Crippen LogP contribution is 2.35. The first kappa shape index (κ1) is 20.3. The first-order chi connectivity index (χ1) is 15.7. The highest BCUT2D eigenvalue weighted by Gasteiger charge is 2.36. The van der Waals surface area contributed by atoms with Gasteiger partial charge in [-0.1, -0.05) is 60.7 Å². The van der Waals surface area contributed by atoms with E-state index in [4.69, 9.17) is 9.72 Å². The quantitative estimate of drug-likeness (QED) is 0.409. The van der Waals surface area contributed by atoms with Crippen LogP contribution in [0.25, 0.3) is 11.0 Å². The predicted molar refractivity (Wildman–Crippen MR) is 126 cm³/mol. The van der Waals surface area contributed by atoms with Crippen LogP contribution in [0.2, 0.25) is 0 Å². The van der Waals surface area contributed by atoms with Gasteiger partial charge in [0.15, 0.2) is 0 Å². The minimum atomic E-state index is 0.0490. The predicted octanol–water partition coefficient (Wildman–Crippen LogP) is 5.19. The second-order valence-corrected chi connectivity index (χ2v) is 8.31. The van der Waals surface area contributed by atoms with Gasteiger partial charge >= 0.3 is 0 Å². The molecule has 0 spiro atoms. The van der Waals surface area contributed by atoms with Crippen molar-refractivity contribution in [2.24, 2.45) is 0 Å². The van der Waals surface area contributed by atoms with E-state index in [0.29, 0.717) is 26.1 Å². The number of ether oxygens (including phenoxy) is 1. The summed E-state index contributed by atoms with van der Waals surface area (Å²) in [5, 5.41) is 0. The molecule has 1 fully saturated rings. The summed E-state index contributed by atoms with van der Waals surface area (Å²) in [7, 11) is 0. The van der Waals surface area contributed by atoms with Crippen LogP contribution in [0.1, 0.15) is 36.7 Å². The maximum Gasteiger partial charge on any atom is 0.223 e. The van der Waals surface area contributed by atoms with Gasteiger partial charge in [0.05, 0.1) is 23.6 Å². The smallest absolute Gasteiger partial charge is 0.223 e. The Labute approximate surface area is 188 Å². The SMILES string of the molecule is CC(c1ccccc1)N1CC(c2nc3ccccc3n2CCOc2ccccc2)CC1=O. The maximum absolute atomic E-state index is 13.0. The summed E-state index contributed by atoms with van der Waals surface area (Å²) in [6, 6.07) is 28.3. The number of imidazole rings is 1. The van der Waals surface area contributed by atoms with Crippen molar-refractivity contribution >= 4 is 16.9 Å². The van der Waals surface area contributed by atoms with Crippen molar-refractivity contribution in [3.8, 4) is 5.75 Å². The highest BCUT2D eigenvalue weighted by atomic mass is 16.5. The fourth-order valence-corrected chi connectivity index (χ4v) is 4.60. The minimum Gasteiger partial charge on any atom is -0.492 e. The van der Waals surface area contributed by atoms with E-state index < -0.39 is 0 Å². The second kappa shape index (κ2) is 8.87. The molecular formula is C27H27N3O2. The topological polar surface area (TPSA) is 47.4 Å². The van der Waals surface area contributed by atoms with Crippen LogP contribution in [0, 0.1) is 0 Å². The van der Waals surface area contributed by atoms with E-state index in [1.165, 1.54) is 0 Å². The van der Waals surface area contributed by atoms with Crippen molar-refractivity contribution in [1.82, 2.24) is 14.5 Å². The summed E-state index contributed by atoms with van der Waals surface area (Å²) < 4.78 is 8.19. The van der Waals surface area contributed by atoms with E-state index in [0.717, 1.165) is 28.2 Å². The molecule has 1 saturated heterocycles. The fourth-order valence-electron chi connectivity index (χ4n) is 4.60. The molecule has 0 N–H and O–H groups in total. The molecule has 4 aromatic rings. The average Bonchev–Trinajstić information content (AvgIpc) is 3.40. The zero-order valence-corrected chi connectivity index (χ0v) is 18.2. The minimum absolute atomic E-state index is 0.0490. The lowest BCUT2D eigenvalue weighted by Gasteiger charge is -2.25. The van der Waals surface area contributed by atoms with Crippen LogP contribution in [0.3, 0.4) is 0 Å². The molecule has 2 heterocycles. The summed E-state index contributed by atoms with van der Waals surface area (Å²) >= 11 is 0. The van der Waals surface area contributed by atoms with E-state index >= 15 is 0 Å². The number of nitrogens with zero attached hydrogens (tertiary/aromatic N) is 3. The molecule has 32 heavy (non-hydrogen) atoms. The number of carbonyl (C=O) groups is 1. The number of fused-ring (bicyclic) bond motifs is 1. The standard InChI is InChI=1S/C27H27N3O2/c1-20(21-10-4-2-5-11-21)30-19-22(18-26(30)31)27-28-24-14-8-9-15-25(24)29(27)16-17-32-23-12-6-3-7-13-23/h2-15,20,22H,16-19H2,1H3.